The number of carbonyl (C=O) groups is 1. The van der Waals surface area contributed by atoms with Gasteiger partial charge in [0.2, 0.25) is 0 Å². The molecule has 3 fully saturated rings. The standard InChI is InChI=1S/C17H23NO2/c1-12(2)13-6-4-5-7-14(13)18-11-16-8-17(9-16,10-16)15(19)20-3/h4-7,12,18H,8-11H2,1-3H3. The fourth-order valence-corrected chi connectivity index (χ4v) is 4.06. The lowest BCUT2D eigenvalue weighted by atomic mass is 9.35. The predicted octanol–water partition coefficient (Wildman–Crippen LogP) is 3.57. The first-order valence-corrected chi connectivity index (χ1v) is 7.42. The Kier molecular flexibility index (Phi) is 3.03. The molecule has 20 heavy (non-hydrogen) atoms. The number of para-hydroxylation sites is 1. The van der Waals surface area contributed by atoms with Crippen molar-refractivity contribution in [2.24, 2.45) is 10.8 Å². The van der Waals surface area contributed by atoms with Crippen molar-refractivity contribution in [1.82, 2.24) is 0 Å². The lowest BCUT2D eigenvalue weighted by Crippen LogP contribution is -2.67. The van der Waals surface area contributed by atoms with Crippen LogP contribution in [0.2, 0.25) is 0 Å². The van der Waals surface area contributed by atoms with Crippen molar-refractivity contribution in [3.05, 3.63) is 29.8 Å². The molecule has 1 aromatic carbocycles. The minimum Gasteiger partial charge on any atom is -0.469 e. The Morgan fingerprint density at radius 3 is 2.55 bits per heavy atom. The summed E-state index contributed by atoms with van der Waals surface area (Å²) in [6, 6.07) is 8.50. The van der Waals surface area contributed by atoms with E-state index < -0.39 is 0 Å². The molecule has 3 heteroatoms. The van der Waals surface area contributed by atoms with E-state index >= 15 is 0 Å². The van der Waals surface area contributed by atoms with Crippen LogP contribution in [0.1, 0.15) is 44.6 Å². The van der Waals surface area contributed by atoms with Crippen molar-refractivity contribution in [1.29, 1.82) is 0 Å². The lowest BCUT2D eigenvalue weighted by molar-refractivity contribution is -0.220. The van der Waals surface area contributed by atoms with Gasteiger partial charge in [-0.1, -0.05) is 32.0 Å². The molecule has 0 amide bonds. The van der Waals surface area contributed by atoms with Gasteiger partial charge in [0.15, 0.2) is 0 Å². The fraction of sp³-hybridized carbons (Fsp3) is 0.588. The Hall–Kier alpha value is -1.51. The average Bonchev–Trinajstić information content (AvgIpc) is 2.35. The summed E-state index contributed by atoms with van der Waals surface area (Å²) in [6.07, 6.45) is 2.97. The molecule has 1 aromatic rings. The second-order valence-electron chi connectivity index (χ2n) is 6.90. The van der Waals surface area contributed by atoms with Gasteiger partial charge in [-0.3, -0.25) is 4.79 Å². The summed E-state index contributed by atoms with van der Waals surface area (Å²) in [7, 11) is 1.49. The number of methoxy groups -OCH3 is 1. The van der Waals surface area contributed by atoms with E-state index in [1.54, 1.807) is 0 Å². The van der Waals surface area contributed by atoms with Crippen LogP contribution in [-0.2, 0) is 9.53 Å². The maximum Gasteiger partial charge on any atom is 0.311 e. The molecule has 3 aliphatic carbocycles. The Morgan fingerprint density at radius 1 is 1.30 bits per heavy atom. The Morgan fingerprint density at radius 2 is 1.95 bits per heavy atom. The molecule has 2 bridgehead atoms. The maximum atomic E-state index is 11.7. The van der Waals surface area contributed by atoms with Gasteiger partial charge in [-0.2, -0.15) is 0 Å². The maximum absolute atomic E-state index is 11.7. The average molecular weight is 273 g/mol. The van der Waals surface area contributed by atoms with Gasteiger partial charge in [0.1, 0.15) is 0 Å². The zero-order valence-electron chi connectivity index (χ0n) is 12.5. The summed E-state index contributed by atoms with van der Waals surface area (Å²) in [6.45, 7) is 5.40. The van der Waals surface area contributed by atoms with E-state index in [4.69, 9.17) is 4.74 Å². The molecule has 1 N–H and O–H groups in total. The van der Waals surface area contributed by atoms with Crippen molar-refractivity contribution < 1.29 is 9.53 Å². The largest absolute Gasteiger partial charge is 0.469 e. The van der Waals surface area contributed by atoms with Gasteiger partial charge < -0.3 is 10.1 Å². The monoisotopic (exact) mass is 273 g/mol. The fourth-order valence-electron chi connectivity index (χ4n) is 4.06. The summed E-state index contributed by atoms with van der Waals surface area (Å²) in [4.78, 5) is 11.7. The number of benzene rings is 1. The molecule has 0 spiro atoms. The SMILES string of the molecule is COC(=O)C12CC(CNc3ccccc3C(C)C)(C1)C2. The first kappa shape index (κ1) is 13.5. The molecule has 0 aliphatic heterocycles. The number of carbonyl (C=O) groups excluding carboxylic acids is 1. The van der Waals surface area contributed by atoms with Crippen LogP contribution in [0.15, 0.2) is 24.3 Å². The molecule has 0 unspecified atom stereocenters. The number of nitrogens with one attached hydrogen (secondary N) is 1. The first-order valence-electron chi connectivity index (χ1n) is 7.42. The van der Waals surface area contributed by atoms with Crippen LogP contribution in [0, 0.1) is 10.8 Å². The smallest absolute Gasteiger partial charge is 0.311 e. The summed E-state index contributed by atoms with van der Waals surface area (Å²) < 4.78 is 4.89. The third kappa shape index (κ3) is 1.91. The molecule has 3 nitrogen and oxygen atoms in total. The third-order valence-corrected chi connectivity index (χ3v) is 5.00. The Balaban J connectivity index is 1.60. The molecular weight excluding hydrogens is 250 g/mol. The number of anilines is 1. The van der Waals surface area contributed by atoms with Gasteiger partial charge in [0.05, 0.1) is 12.5 Å². The Bertz CT molecular complexity index is 516. The predicted molar refractivity (Wildman–Crippen MR) is 79.8 cm³/mol. The summed E-state index contributed by atoms with van der Waals surface area (Å²) in [5.41, 5.74) is 2.80. The Labute approximate surface area is 120 Å². The molecule has 3 saturated carbocycles. The van der Waals surface area contributed by atoms with Crippen molar-refractivity contribution in [3.63, 3.8) is 0 Å². The summed E-state index contributed by atoms with van der Waals surface area (Å²) in [5.74, 6) is 0.509. The summed E-state index contributed by atoms with van der Waals surface area (Å²) >= 11 is 0. The second-order valence-corrected chi connectivity index (χ2v) is 6.90. The van der Waals surface area contributed by atoms with Crippen molar-refractivity contribution in [2.75, 3.05) is 19.0 Å². The van der Waals surface area contributed by atoms with Gasteiger partial charge in [-0.25, -0.2) is 0 Å². The van der Waals surface area contributed by atoms with E-state index in [0.29, 0.717) is 11.3 Å². The van der Waals surface area contributed by atoms with E-state index in [0.717, 1.165) is 25.8 Å². The molecule has 0 heterocycles. The van der Waals surface area contributed by atoms with E-state index in [2.05, 4.69) is 43.4 Å². The van der Waals surface area contributed by atoms with Crippen LogP contribution < -0.4 is 5.32 Å². The number of rotatable bonds is 5. The van der Waals surface area contributed by atoms with Crippen molar-refractivity contribution >= 4 is 11.7 Å². The van der Waals surface area contributed by atoms with Gasteiger partial charge in [0.25, 0.3) is 0 Å². The summed E-state index contributed by atoms with van der Waals surface area (Å²) in [5, 5.41) is 3.60. The zero-order valence-corrected chi connectivity index (χ0v) is 12.5. The molecular formula is C17H23NO2. The van der Waals surface area contributed by atoms with E-state index in [1.807, 2.05) is 0 Å². The number of hydrogen-bond acceptors (Lipinski definition) is 3. The quantitative estimate of drug-likeness (QED) is 0.834. The van der Waals surface area contributed by atoms with Crippen LogP contribution in [0.4, 0.5) is 5.69 Å². The van der Waals surface area contributed by atoms with Crippen LogP contribution in [0.3, 0.4) is 0 Å². The molecule has 4 rings (SSSR count). The molecule has 108 valence electrons. The highest BCUT2D eigenvalue weighted by Crippen LogP contribution is 2.73. The van der Waals surface area contributed by atoms with Crippen LogP contribution in [0.5, 0.6) is 0 Å². The highest BCUT2D eigenvalue weighted by Gasteiger charge is 2.71. The number of hydrogen-bond donors (Lipinski definition) is 1. The van der Waals surface area contributed by atoms with Gasteiger partial charge in [-0.15, -0.1) is 0 Å². The molecule has 0 aromatic heterocycles. The van der Waals surface area contributed by atoms with Crippen LogP contribution in [0.25, 0.3) is 0 Å². The minimum atomic E-state index is -0.131. The van der Waals surface area contributed by atoms with Gasteiger partial charge in [-0.05, 0) is 42.2 Å². The third-order valence-electron chi connectivity index (χ3n) is 5.00. The van der Waals surface area contributed by atoms with Crippen LogP contribution >= 0.6 is 0 Å². The van der Waals surface area contributed by atoms with E-state index in [9.17, 15) is 4.79 Å². The molecule has 0 atom stereocenters. The lowest BCUT2D eigenvalue weighted by Gasteiger charge is -2.68. The minimum absolute atomic E-state index is 0.0121. The molecule has 0 radical (unpaired) electrons. The zero-order chi connectivity index (χ0) is 14.4. The van der Waals surface area contributed by atoms with Crippen molar-refractivity contribution in [2.45, 2.75) is 39.0 Å². The number of esters is 1. The second kappa shape index (κ2) is 4.51. The number of ether oxygens (including phenoxy) is 1. The van der Waals surface area contributed by atoms with Crippen molar-refractivity contribution in [3.8, 4) is 0 Å². The highest BCUT2D eigenvalue weighted by molar-refractivity contribution is 5.81. The van der Waals surface area contributed by atoms with Crippen LogP contribution in [-0.4, -0.2) is 19.6 Å². The van der Waals surface area contributed by atoms with Gasteiger partial charge >= 0.3 is 5.97 Å². The normalized spacial score (nSPS) is 30.4. The molecule has 3 aliphatic rings. The first-order chi connectivity index (χ1) is 9.50. The van der Waals surface area contributed by atoms with Gasteiger partial charge in [0, 0.05) is 12.2 Å². The topological polar surface area (TPSA) is 38.3 Å². The molecule has 0 saturated heterocycles. The van der Waals surface area contributed by atoms with E-state index in [-0.39, 0.29) is 11.4 Å². The van der Waals surface area contributed by atoms with E-state index in [1.165, 1.54) is 18.4 Å². The highest BCUT2D eigenvalue weighted by atomic mass is 16.5.